The summed E-state index contributed by atoms with van der Waals surface area (Å²) in [5.41, 5.74) is 0.669. The number of hydrogen-bond acceptors (Lipinski definition) is 2. The molecule has 0 amide bonds. The van der Waals surface area contributed by atoms with E-state index in [0.717, 1.165) is 23.9 Å². The number of nitrogens with zero attached hydrogens (tertiary/aromatic N) is 1. The first kappa shape index (κ1) is 14.8. The normalized spacial score (nSPS) is 35.4. The molecule has 20 heavy (non-hydrogen) atoms. The molecule has 1 N–H and O–H groups in total. The van der Waals surface area contributed by atoms with Gasteiger partial charge in [0, 0.05) is 31.7 Å². The lowest BCUT2D eigenvalue weighted by Crippen LogP contribution is -2.59. The highest BCUT2D eigenvalue weighted by atomic mass is 15.2. The number of nitrogens with one attached hydrogen (secondary N) is 1. The average molecular weight is 278 g/mol. The molecule has 3 fully saturated rings. The predicted molar refractivity (Wildman–Crippen MR) is 85.9 cm³/mol. The van der Waals surface area contributed by atoms with Gasteiger partial charge < -0.3 is 5.32 Å². The molecule has 1 saturated heterocycles. The zero-order valence-electron chi connectivity index (χ0n) is 13.8. The minimum Gasteiger partial charge on any atom is -0.311 e. The summed E-state index contributed by atoms with van der Waals surface area (Å²) in [7, 11) is 0. The van der Waals surface area contributed by atoms with Crippen LogP contribution in [-0.4, -0.2) is 36.6 Å². The Hall–Kier alpha value is -0.0800. The first-order chi connectivity index (χ1) is 9.61. The van der Waals surface area contributed by atoms with Crippen LogP contribution in [0.4, 0.5) is 0 Å². The zero-order valence-corrected chi connectivity index (χ0v) is 13.8. The van der Waals surface area contributed by atoms with Gasteiger partial charge in [0.05, 0.1) is 0 Å². The fourth-order valence-electron chi connectivity index (χ4n) is 4.50. The summed E-state index contributed by atoms with van der Waals surface area (Å²) >= 11 is 0. The van der Waals surface area contributed by atoms with Gasteiger partial charge in [0.15, 0.2) is 0 Å². The third kappa shape index (κ3) is 3.06. The lowest BCUT2D eigenvalue weighted by atomic mass is 9.82. The summed E-state index contributed by atoms with van der Waals surface area (Å²) in [6.07, 6.45) is 10.3. The molecule has 0 aromatic carbocycles. The molecule has 3 aliphatic rings. The third-order valence-corrected chi connectivity index (χ3v) is 6.58. The molecule has 0 spiro atoms. The maximum atomic E-state index is 3.86. The second-order valence-electron chi connectivity index (χ2n) is 8.21. The first-order valence-electron chi connectivity index (χ1n) is 9.08. The van der Waals surface area contributed by atoms with Crippen LogP contribution in [0.3, 0.4) is 0 Å². The van der Waals surface area contributed by atoms with Crippen LogP contribution in [-0.2, 0) is 0 Å². The van der Waals surface area contributed by atoms with Crippen molar-refractivity contribution in [1.29, 1.82) is 0 Å². The van der Waals surface area contributed by atoms with Crippen molar-refractivity contribution >= 4 is 0 Å². The van der Waals surface area contributed by atoms with Crippen LogP contribution < -0.4 is 5.32 Å². The summed E-state index contributed by atoms with van der Waals surface area (Å²) in [5.74, 6) is 1.81. The molecule has 2 saturated carbocycles. The number of piperazine rings is 1. The van der Waals surface area contributed by atoms with Crippen LogP contribution in [0, 0.1) is 17.3 Å². The highest BCUT2D eigenvalue weighted by Crippen LogP contribution is 2.52. The largest absolute Gasteiger partial charge is 0.311 e. The molecule has 2 heteroatoms. The van der Waals surface area contributed by atoms with Gasteiger partial charge in [-0.15, -0.1) is 0 Å². The van der Waals surface area contributed by atoms with Gasteiger partial charge >= 0.3 is 0 Å². The van der Waals surface area contributed by atoms with Gasteiger partial charge in [0.25, 0.3) is 0 Å². The molecular formula is C18H34N2. The second-order valence-corrected chi connectivity index (χ2v) is 8.21. The van der Waals surface area contributed by atoms with Crippen molar-refractivity contribution in [3.05, 3.63) is 0 Å². The lowest BCUT2D eigenvalue weighted by molar-refractivity contribution is 0.0745. The monoisotopic (exact) mass is 278 g/mol. The van der Waals surface area contributed by atoms with E-state index in [0.29, 0.717) is 5.41 Å². The molecule has 1 heterocycles. The van der Waals surface area contributed by atoms with Crippen LogP contribution in [0.15, 0.2) is 0 Å². The van der Waals surface area contributed by atoms with E-state index in [1.807, 2.05) is 0 Å². The molecular weight excluding hydrogens is 244 g/mol. The van der Waals surface area contributed by atoms with Gasteiger partial charge in [-0.1, -0.05) is 33.1 Å². The van der Waals surface area contributed by atoms with Gasteiger partial charge in [-0.3, -0.25) is 4.90 Å². The Morgan fingerprint density at radius 1 is 1.15 bits per heavy atom. The number of rotatable bonds is 4. The SMILES string of the molecule is CC1CNC(C2CCCCC2)CN1CC1(C(C)C)CC1. The Labute approximate surface area is 125 Å². The van der Waals surface area contributed by atoms with Crippen molar-refractivity contribution in [3.8, 4) is 0 Å². The van der Waals surface area contributed by atoms with E-state index < -0.39 is 0 Å². The Morgan fingerprint density at radius 2 is 1.85 bits per heavy atom. The van der Waals surface area contributed by atoms with Gasteiger partial charge in [-0.05, 0) is 49.9 Å². The average Bonchev–Trinajstić information content (AvgIpc) is 3.23. The summed E-state index contributed by atoms with van der Waals surface area (Å²) in [6.45, 7) is 11.1. The maximum Gasteiger partial charge on any atom is 0.0224 e. The molecule has 0 bridgehead atoms. The molecule has 2 unspecified atom stereocenters. The second kappa shape index (κ2) is 5.96. The maximum absolute atomic E-state index is 3.86. The standard InChI is InChI=1S/C18H34N2/c1-14(2)18(9-10-18)13-20-12-17(19-11-15(20)3)16-7-5-4-6-8-16/h14-17,19H,4-13H2,1-3H3. The van der Waals surface area contributed by atoms with Crippen molar-refractivity contribution in [1.82, 2.24) is 10.2 Å². The molecule has 0 radical (unpaired) electrons. The quantitative estimate of drug-likeness (QED) is 0.844. The molecule has 1 aliphatic heterocycles. The Bertz CT molecular complexity index is 315. The molecule has 3 rings (SSSR count). The third-order valence-electron chi connectivity index (χ3n) is 6.58. The summed E-state index contributed by atoms with van der Waals surface area (Å²) < 4.78 is 0. The van der Waals surface area contributed by atoms with Crippen LogP contribution in [0.25, 0.3) is 0 Å². The fraction of sp³-hybridized carbons (Fsp3) is 1.00. The van der Waals surface area contributed by atoms with Crippen molar-refractivity contribution in [2.24, 2.45) is 17.3 Å². The van der Waals surface area contributed by atoms with E-state index in [2.05, 4.69) is 31.0 Å². The van der Waals surface area contributed by atoms with E-state index in [1.54, 1.807) is 0 Å². The molecule has 0 aromatic heterocycles. The fourth-order valence-corrected chi connectivity index (χ4v) is 4.50. The predicted octanol–water partition coefficient (Wildman–Crippen LogP) is 3.67. The van der Waals surface area contributed by atoms with Crippen LogP contribution in [0.1, 0.15) is 65.7 Å². The molecule has 2 nitrogen and oxygen atoms in total. The van der Waals surface area contributed by atoms with E-state index >= 15 is 0 Å². The molecule has 116 valence electrons. The Morgan fingerprint density at radius 3 is 2.45 bits per heavy atom. The van der Waals surface area contributed by atoms with E-state index in [9.17, 15) is 0 Å². The van der Waals surface area contributed by atoms with Crippen LogP contribution in [0.5, 0.6) is 0 Å². The molecule has 0 aromatic rings. The van der Waals surface area contributed by atoms with E-state index in [-0.39, 0.29) is 0 Å². The summed E-state index contributed by atoms with van der Waals surface area (Å²) in [6, 6.07) is 1.50. The van der Waals surface area contributed by atoms with Crippen molar-refractivity contribution in [2.45, 2.75) is 77.8 Å². The minimum absolute atomic E-state index is 0.669. The summed E-state index contributed by atoms with van der Waals surface area (Å²) in [4.78, 5) is 2.82. The Kier molecular flexibility index (Phi) is 4.42. The van der Waals surface area contributed by atoms with Crippen molar-refractivity contribution < 1.29 is 0 Å². The van der Waals surface area contributed by atoms with Crippen LogP contribution in [0.2, 0.25) is 0 Å². The smallest absolute Gasteiger partial charge is 0.0224 e. The van der Waals surface area contributed by atoms with E-state index in [4.69, 9.17) is 0 Å². The topological polar surface area (TPSA) is 15.3 Å². The minimum atomic E-state index is 0.669. The van der Waals surface area contributed by atoms with Crippen LogP contribution >= 0.6 is 0 Å². The number of hydrogen-bond donors (Lipinski definition) is 1. The van der Waals surface area contributed by atoms with Gasteiger partial charge in [-0.2, -0.15) is 0 Å². The van der Waals surface area contributed by atoms with Crippen molar-refractivity contribution in [3.63, 3.8) is 0 Å². The van der Waals surface area contributed by atoms with Gasteiger partial charge in [-0.25, -0.2) is 0 Å². The summed E-state index contributed by atoms with van der Waals surface area (Å²) in [5, 5.41) is 3.86. The molecule has 2 atom stereocenters. The lowest BCUT2D eigenvalue weighted by Gasteiger charge is -2.44. The van der Waals surface area contributed by atoms with Gasteiger partial charge in [0.2, 0.25) is 0 Å². The van der Waals surface area contributed by atoms with Crippen molar-refractivity contribution in [2.75, 3.05) is 19.6 Å². The highest BCUT2D eigenvalue weighted by Gasteiger charge is 2.47. The Balaban J connectivity index is 1.58. The molecule has 2 aliphatic carbocycles. The highest BCUT2D eigenvalue weighted by molar-refractivity contribution is 5.00. The first-order valence-corrected chi connectivity index (χ1v) is 9.08. The zero-order chi connectivity index (χ0) is 14.2. The van der Waals surface area contributed by atoms with Gasteiger partial charge in [0.1, 0.15) is 0 Å². The van der Waals surface area contributed by atoms with E-state index in [1.165, 1.54) is 64.6 Å².